The van der Waals surface area contributed by atoms with Crippen molar-refractivity contribution in [3.8, 4) is 11.1 Å². The third kappa shape index (κ3) is 5.61. The van der Waals surface area contributed by atoms with Crippen molar-refractivity contribution in [1.29, 1.82) is 0 Å². The number of nitrogens with zero attached hydrogens (tertiary/aromatic N) is 1. The van der Waals surface area contributed by atoms with Crippen molar-refractivity contribution in [1.82, 2.24) is 10.3 Å². The van der Waals surface area contributed by atoms with E-state index in [4.69, 9.17) is 0 Å². The highest BCUT2D eigenvalue weighted by atomic mass is 35.5. The fourth-order valence-electron chi connectivity index (χ4n) is 4.48. The average Bonchev–Trinajstić information content (AvgIpc) is 3.32. The summed E-state index contributed by atoms with van der Waals surface area (Å²) in [7, 11) is 0. The number of carbonyl (C=O) groups excluding carboxylic acids is 1. The van der Waals surface area contributed by atoms with Crippen LogP contribution in [0.2, 0.25) is 0 Å². The predicted octanol–water partition coefficient (Wildman–Crippen LogP) is 7.06. The molecule has 0 spiro atoms. The minimum absolute atomic E-state index is 0. The molecule has 1 heterocycles. The number of benzene rings is 3. The smallest absolute Gasteiger partial charge is 0.255 e. The maximum atomic E-state index is 13.0. The molecule has 3 aromatic carbocycles. The van der Waals surface area contributed by atoms with Gasteiger partial charge < -0.3 is 10.6 Å². The minimum Gasteiger partial charge on any atom is -0.322 e. The molecule has 4 aromatic rings. The molecule has 1 amide bonds. The third-order valence-corrected chi connectivity index (χ3v) is 7.04. The van der Waals surface area contributed by atoms with Gasteiger partial charge in [0.1, 0.15) is 0 Å². The Balaban J connectivity index is 0.00000259. The number of amides is 1. The summed E-state index contributed by atoms with van der Waals surface area (Å²) < 4.78 is 1.12. The van der Waals surface area contributed by atoms with E-state index in [-0.39, 0.29) is 18.3 Å². The molecule has 33 heavy (non-hydrogen) atoms. The monoisotopic (exact) mass is 477 g/mol. The Morgan fingerprint density at radius 1 is 0.970 bits per heavy atom. The first-order valence-electron chi connectivity index (χ1n) is 11.3. The molecule has 0 bridgehead atoms. The molecule has 5 rings (SSSR count). The number of nitrogens with one attached hydrogen (secondary N) is 2. The number of carbonyl (C=O) groups is 1. The molecule has 0 aliphatic heterocycles. The van der Waals surface area contributed by atoms with Crippen LogP contribution in [0.25, 0.3) is 21.3 Å². The van der Waals surface area contributed by atoms with E-state index in [1.54, 1.807) is 11.3 Å². The summed E-state index contributed by atoms with van der Waals surface area (Å²) in [5.41, 5.74) is 7.67. The van der Waals surface area contributed by atoms with Crippen molar-refractivity contribution < 1.29 is 4.79 Å². The highest BCUT2D eigenvalue weighted by Gasteiger charge is 2.16. The van der Waals surface area contributed by atoms with Gasteiger partial charge in [-0.25, -0.2) is 4.98 Å². The summed E-state index contributed by atoms with van der Waals surface area (Å²) >= 11 is 1.60. The Hall–Kier alpha value is -2.73. The maximum absolute atomic E-state index is 13.0. The van der Waals surface area contributed by atoms with E-state index >= 15 is 0 Å². The topological polar surface area (TPSA) is 54.0 Å². The van der Waals surface area contributed by atoms with E-state index in [0.717, 1.165) is 28.0 Å². The van der Waals surface area contributed by atoms with E-state index in [1.807, 2.05) is 41.9 Å². The van der Waals surface area contributed by atoms with Gasteiger partial charge in [0.15, 0.2) is 0 Å². The van der Waals surface area contributed by atoms with E-state index in [9.17, 15) is 4.79 Å². The normalized spacial score (nSPS) is 14.1. The van der Waals surface area contributed by atoms with E-state index < -0.39 is 0 Å². The van der Waals surface area contributed by atoms with Crippen LogP contribution in [0.5, 0.6) is 0 Å². The van der Waals surface area contributed by atoms with Crippen LogP contribution in [-0.4, -0.2) is 16.9 Å². The molecule has 170 valence electrons. The molecule has 2 N–H and O–H groups in total. The molecule has 1 aliphatic carbocycles. The number of fused-ring (bicyclic) bond motifs is 1. The van der Waals surface area contributed by atoms with Crippen LogP contribution < -0.4 is 10.6 Å². The molecular weight excluding hydrogens is 450 g/mol. The van der Waals surface area contributed by atoms with Crippen LogP contribution in [0.3, 0.4) is 0 Å². The van der Waals surface area contributed by atoms with Gasteiger partial charge in [-0.15, -0.1) is 23.7 Å². The van der Waals surface area contributed by atoms with Crippen LogP contribution in [0.4, 0.5) is 5.69 Å². The van der Waals surface area contributed by atoms with E-state index in [2.05, 4.69) is 45.9 Å². The minimum atomic E-state index is -0.0990. The number of anilines is 1. The zero-order valence-electron chi connectivity index (χ0n) is 18.4. The van der Waals surface area contributed by atoms with Crippen molar-refractivity contribution in [3.05, 3.63) is 83.4 Å². The molecule has 6 heteroatoms. The molecular formula is C27H28ClN3OS. The van der Waals surface area contributed by atoms with Crippen molar-refractivity contribution in [2.45, 2.75) is 44.7 Å². The Labute approximate surface area is 204 Å². The summed E-state index contributed by atoms with van der Waals surface area (Å²) in [5.74, 6) is -0.0990. The van der Waals surface area contributed by atoms with Gasteiger partial charge in [0.2, 0.25) is 0 Å². The summed E-state index contributed by atoms with van der Waals surface area (Å²) in [5, 5.41) is 6.78. The zero-order chi connectivity index (χ0) is 21.8. The quantitative estimate of drug-likeness (QED) is 0.312. The van der Waals surface area contributed by atoms with Crippen LogP contribution >= 0.6 is 23.7 Å². The van der Waals surface area contributed by atoms with Gasteiger partial charge >= 0.3 is 0 Å². The summed E-state index contributed by atoms with van der Waals surface area (Å²) in [6.07, 6.45) is 6.42. The van der Waals surface area contributed by atoms with E-state index in [1.165, 1.54) is 43.2 Å². The molecule has 0 radical (unpaired) electrons. The Bertz CT molecular complexity index is 1220. The second kappa shape index (κ2) is 10.9. The molecule has 1 aliphatic rings. The molecule has 1 fully saturated rings. The zero-order valence-corrected chi connectivity index (χ0v) is 20.1. The fraction of sp³-hybridized carbons (Fsp3) is 0.259. The second-order valence-electron chi connectivity index (χ2n) is 8.44. The average molecular weight is 478 g/mol. The number of rotatable bonds is 6. The number of hydrogen-bond acceptors (Lipinski definition) is 4. The maximum Gasteiger partial charge on any atom is 0.255 e. The fourth-order valence-corrected chi connectivity index (χ4v) is 5.14. The Morgan fingerprint density at radius 2 is 1.79 bits per heavy atom. The van der Waals surface area contributed by atoms with Crippen LogP contribution in [0, 0.1) is 0 Å². The molecule has 4 nitrogen and oxygen atoms in total. The molecule has 0 unspecified atom stereocenters. The number of thiazole rings is 1. The van der Waals surface area contributed by atoms with Crippen LogP contribution in [0.1, 0.15) is 48.0 Å². The van der Waals surface area contributed by atoms with Crippen molar-refractivity contribution in [3.63, 3.8) is 0 Å². The predicted molar refractivity (Wildman–Crippen MR) is 140 cm³/mol. The second-order valence-corrected chi connectivity index (χ2v) is 9.33. The Kier molecular flexibility index (Phi) is 7.76. The van der Waals surface area contributed by atoms with Gasteiger partial charge in [0, 0.05) is 23.8 Å². The lowest BCUT2D eigenvalue weighted by Crippen LogP contribution is -2.30. The highest BCUT2D eigenvalue weighted by molar-refractivity contribution is 7.16. The summed E-state index contributed by atoms with van der Waals surface area (Å²) in [6.45, 7) is 0.765. The number of aromatic nitrogens is 1. The first-order chi connectivity index (χ1) is 15.8. The lowest BCUT2D eigenvalue weighted by molar-refractivity contribution is 0.102. The molecule has 0 atom stereocenters. The van der Waals surface area contributed by atoms with E-state index in [0.29, 0.717) is 11.6 Å². The van der Waals surface area contributed by atoms with Crippen molar-refractivity contribution in [2.75, 3.05) is 5.32 Å². The van der Waals surface area contributed by atoms with Crippen molar-refractivity contribution in [2.24, 2.45) is 0 Å². The van der Waals surface area contributed by atoms with Gasteiger partial charge in [-0.1, -0.05) is 55.7 Å². The third-order valence-electron chi connectivity index (χ3n) is 6.23. The SMILES string of the molecule is Cl.O=C(Nc1ccc2scnc2c1)c1ccc(-c2ccccc2)c(CNC2CCCCC2)c1. The largest absolute Gasteiger partial charge is 0.322 e. The summed E-state index contributed by atoms with van der Waals surface area (Å²) in [4.78, 5) is 17.4. The lowest BCUT2D eigenvalue weighted by Gasteiger charge is -2.23. The standard InChI is InChI=1S/C27H27N3OS.ClH/c31-27(30-23-12-14-26-25(16-23)29-18-32-26)20-11-13-24(19-7-3-1-4-8-19)21(15-20)17-28-22-9-5-2-6-10-22;/h1,3-4,7-8,11-16,18,22,28H,2,5-6,9-10,17H2,(H,30,31);1H. The van der Waals surface area contributed by atoms with Crippen molar-refractivity contribution >= 4 is 45.6 Å². The van der Waals surface area contributed by atoms with Crippen LogP contribution in [0.15, 0.2) is 72.2 Å². The first-order valence-corrected chi connectivity index (χ1v) is 12.2. The van der Waals surface area contributed by atoms with Gasteiger partial charge in [-0.3, -0.25) is 4.79 Å². The lowest BCUT2D eigenvalue weighted by atomic mass is 9.94. The Morgan fingerprint density at radius 3 is 2.61 bits per heavy atom. The highest BCUT2D eigenvalue weighted by Crippen LogP contribution is 2.27. The van der Waals surface area contributed by atoms with Gasteiger partial charge in [0.05, 0.1) is 15.7 Å². The first kappa shape index (κ1) is 23.4. The molecule has 0 saturated heterocycles. The molecule has 1 saturated carbocycles. The number of halogens is 1. The van der Waals surface area contributed by atoms with Gasteiger partial charge in [0.25, 0.3) is 5.91 Å². The molecule has 1 aromatic heterocycles. The number of hydrogen-bond donors (Lipinski definition) is 2. The van der Waals surface area contributed by atoms with Gasteiger partial charge in [-0.2, -0.15) is 0 Å². The van der Waals surface area contributed by atoms with Crippen LogP contribution in [-0.2, 0) is 6.54 Å². The summed E-state index contributed by atoms with van der Waals surface area (Å²) in [6, 6.07) is 22.9. The van der Waals surface area contributed by atoms with Gasteiger partial charge in [-0.05, 0) is 59.9 Å².